The Morgan fingerprint density at radius 2 is 1.64 bits per heavy atom. The fourth-order valence-electron chi connectivity index (χ4n) is 0.801. The van der Waals surface area contributed by atoms with E-state index < -0.39 is 5.97 Å². The molecule has 0 bridgehead atoms. The van der Waals surface area contributed by atoms with Gasteiger partial charge in [0.15, 0.2) is 0 Å². The van der Waals surface area contributed by atoms with Crippen LogP contribution in [0.25, 0.3) is 0 Å². The van der Waals surface area contributed by atoms with Crippen molar-refractivity contribution >= 4 is 0 Å². The highest BCUT2D eigenvalue weighted by Gasteiger charge is 2.29. The monoisotopic (exact) mass is 163 g/mol. The first-order valence-corrected chi connectivity index (χ1v) is 3.77. The lowest BCUT2D eigenvalue weighted by Gasteiger charge is -2.29. The molecule has 4 nitrogen and oxygen atoms in total. The van der Waals surface area contributed by atoms with Gasteiger partial charge in [0.1, 0.15) is 0 Å². The van der Waals surface area contributed by atoms with Crippen LogP contribution in [-0.2, 0) is 14.2 Å². The first-order chi connectivity index (χ1) is 5.24. The maximum atomic E-state index is 5.42. The average Bonchev–Trinajstić information content (AvgIpc) is 2.04. The van der Waals surface area contributed by atoms with Gasteiger partial charge in [-0.3, -0.25) is 0 Å². The van der Waals surface area contributed by atoms with Crippen molar-refractivity contribution < 1.29 is 14.2 Å². The summed E-state index contributed by atoms with van der Waals surface area (Å²) in [6, 6.07) is 0. The maximum absolute atomic E-state index is 5.42. The number of methoxy groups -OCH3 is 1. The van der Waals surface area contributed by atoms with Crippen LogP contribution in [0.3, 0.4) is 0 Å². The molecule has 0 unspecified atom stereocenters. The third-order valence-electron chi connectivity index (χ3n) is 1.29. The second-order valence-corrected chi connectivity index (χ2v) is 1.96. The van der Waals surface area contributed by atoms with Gasteiger partial charge in [-0.2, -0.15) is 0 Å². The van der Waals surface area contributed by atoms with Crippen molar-refractivity contribution in [2.75, 3.05) is 26.9 Å². The highest BCUT2D eigenvalue weighted by Crippen LogP contribution is 2.11. The summed E-state index contributed by atoms with van der Waals surface area (Å²) in [7, 11) is 1.51. The second kappa shape index (κ2) is 5.49. The largest absolute Gasteiger partial charge is 0.330 e. The highest BCUT2D eigenvalue weighted by molar-refractivity contribution is 4.55. The predicted molar refractivity (Wildman–Crippen MR) is 42.0 cm³/mol. The zero-order valence-electron chi connectivity index (χ0n) is 7.42. The molecule has 0 aliphatic heterocycles. The standard InChI is InChI=1S/C7H17NO3/c1-4-10-7(6-8,9-3)11-5-2/h4-6,8H2,1-3H3. The van der Waals surface area contributed by atoms with Crippen LogP contribution in [-0.4, -0.2) is 32.8 Å². The molecule has 0 aromatic heterocycles. The third-order valence-corrected chi connectivity index (χ3v) is 1.29. The number of ether oxygens (including phenoxy) is 3. The van der Waals surface area contributed by atoms with Crippen molar-refractivity contribution in [2.24, 2.45) is 5.73 Å². The summed E-state index contributed by atoms with van der Waals surface area (Å²) in [5.41, 5.74) is 5.42. The topological polar surface area (TPSA) is 53.7 Å². The maximum Gasteiger partial charge on any atom is 0.295 e. The van der Waals surface area contributed by atoms with E-state index in [2.05, 4.69) is 0 Å². The quantitative estimate of drug-likeness (QED) is 0.573. The predicted octanol–water partition coefficient (Wildman–Crippen LogP) is 0.318. The van der Waals surface area contributed by atoms with Gasteiger partial charge in [-0.25, -0.2) is 0 Å². The molecule has 0 saturated carbocycles. The zero-order chi connectivity index (χ0) is 8.74. The van der Waals surface area contributed by atoms with Crippen molar-refractivity contribution in [3.8, 4) is 0 Å². The molecule has 0 radical (unpaired) electrons. The Morgan fingerprint density at radius 1 is 1.18 bits per heavy atom. The fourth-order valence-corrected chi connectivity index (χ4v) is 0.801. The van der Waals surface area contributed by atoms with Crippen molar-refractivity contribution in [1.82, 2.24) is 0 Å². The molecule has 2 N–H and O–H groups in total. The minimum Gasteiger partial charge on any atom is -0.330 e. The van der Waals surface area contributed by atoms with Crippen molar-refractivity contribution in [3.63, 3.8) is 0 Å². The van der Waals surface area contributed by atoms with Gasteiger partial charge in [0.25, 0.3) is 5.97 Å². The zero-order valence-corrected chi connectivity index (χ0v) is 7.42. The Balaban J connectivity index is 3.96. The first-order valence-electron chi connectivity index (χ1n) is 3.77. The van der Waals surface area contributed by atoms with Crippen LogP contribution < -0.4 is 5.73 Å². The van der Waals surface area contributed by atoms with Crippen LogP contribution in [0, 0.1) is 0 Å². The van der Waals surface area contributed by atoms with Crippen LogP contribution in [0.15, 0.2) is 0 Å². The normalized spacial score (nSPS) is 12.0. The van der Waals surface area contributed by atoms with Crippen LogP contribution in [0.2, 0.25) is 0 Å². The van der Waals surface area contributed by atoms with Gasteiger partial charge >= 0.3 is 0 Å². The molecule has 0 aliphatic carbocycles. The summed E-state index contributed by atoms with van der Waals surface area (Å²) in [6.45, 7) is 4.96. The summed E-state index contributed by atoms with van der Waals surface area (Å²) in [5.74, 6) is -1.04. The van der Waals surface area contributed by atoms with Gasteiger partial charge in [0, 0.05) is 20.3 Å². The Hall–Kier alpha value is -0.160. The lowest BCUT2D eigenvalue weighted by atomic mass is 10.5. The summed E-state index contributed by atoms with van der Waals surface area (Å²) < 4.78 is 15.4. The number of hydrogen-bond donors (Lipinski definition) is 1. The van der Waals surface area contributed by atoms with Crippen LogP contribution in [0.4, 0.5) is 0 Å². The van der Waals surface area contributed by atoms with E-state index >= 15 is 0 Å². The molecular formula is C7H17NO3. The van der Waals surface area contributed by atoms with E-state index in [0.29, 0.717) is 13.2 Å². The Kier molecular flexibility index (Phi) is 5.41. The van der Waals surface area contributed by atoms with Gasteiger partial charge in [0.2, 0.25) is 0 Å². The third kappa shape index (κ3) is 3.16. The molecule has 0 aliphatic rings. The molecule has 0 aromatic rings. The van der Waals surface area contributed by atoms with Gasteiger partial charge in [-0.1, -0.05) is 0 Å². The van der Waals surface area contributed by atoms with E-state index in [-0.39, 0.29) is 6.54 Å². The van der Waals surface area contributed by atoms with Gasteiger partial charge in [-0.05, 0) is 13.8 Å². The molecule has 4 heteroatoms. The van der Waals surface area contributed by atoms with E-state index in [1.165, 1.54) is 7.11 Å². The molecule has 0 heterocycles. The molecular weight excluding hydrogens is 146 g/mol. The van der Waals surface area contributed by atoms with E-state index in [1.54, 1.807) is 0 Å². The summed E-state index contributed by atoms with van der Waals surface area (Å²) >= 11 is 0. The molecule has 0 amide bonds. The minimum absolute atomic E-state index is 0.200. The number of nitrogens with two attached hydrogens (primary N) is 1. The van der Waals surface area contributed by atoms with Crippen molar-refractivity contribution in [1.29, 1.82) is 0 Å². The molecule has 0 rings (SSSR count). The Bertz CT molecular complexity index is 85.7. The summed E-state index contributed by atoms with van der Waals surface area (Å²) in [4.78, 5) is 0. The van der Waals surface area contributed by atoms with Crippen molar-refractivity contribution in [2.45, 2.75) is 19.8 Å². The molecule has 0 aromatic carbocycles. The lowest BCUT2D eigenvalue weighted by molar-refractivity contribution is -0.361. The van der Waals surface area contributed by atoms with Crippen molar-refractivity contribution in [3.05, 3.63) is 0 Å². The Morgan fingerprint density at radius 3 is 1.82 bits per heavy atom. The van der Waals surface area contributed by atoms with E-state index in [9.17, 15) is 0 Å². The summed E-state index contributed by atoms with van der Waals surface area (Å²) in [5, 5.41) is 0. The number of rotatable bonds is 6. The highest BCUT2D eigenvalue weighted by atomic mass is 16.9. The van der Waals surface area contributed by atoms with Crippen LogP contribution >= 0.6 is 0 Å². The van der Waals surface area contributed by atoms with Crippen LogP contribution in [0.5, 0.6) is 0 Å². The van der Waals surface area contributed by atoms with E-state index in [4.69, 9.17) is 19.9 Å². The Labute approximate surface area is 67.6 Å². The molecule has 68 valence electrons. The molecule has 0 saturated heterocycles. The summed E-state index contributed by atoms with van der Waals surface area (Å²) in [6.07, 6.45) is 0. The van der Waals surface area contributed by atoms with Crippen LogP contribution in [0.1, 0.15) is 13.8 Å². The van der Waals surface area contributed by atoms with Gasteiger partial charge in [-0.15, -0.1) is 0 Å². The molecule has 0 atom stereocenters. The number of hydrogen-bond acceptors (Lipinski definition) is 4. The first kappa shape index (κ1) is 10.8. The minimum atomic E-state index is -1.04. The smallest absolute Gasteiger partial charge is 0.295 e. The average molecular weight is 163 g/mol. The van der Waals surface area contributed by atoms with E-state index in [1.807, 2.05) is 13.8 Å². The molecule has 0 fully saturated rings. The SMILES string of the molecule is CCOC(CN)(OC)OCC. The fraction of sp³-hybridized carbons (Fsp3) is 1.00. The molecule has 0 spiro atoms. The second-order valence-electron chi connectivity index (χ2n) is 1.96. The van der Waals surface area contributed by atoms with Gasteiger partial charge in [0.05, 0.1) is 6.54 Å². The van der Waals surface area contributed by atoms with Gasteiger partial charge < -0.3 is 19.9 Å². The lowest BCUT2D eigenvalue weighted by Crippen LogP contribution is -2.45. The molecule has 11 heavy (non-hydrogen) atoms. The van der Waals surface area contributed by atoms with E-state index in [0.717, 1.165) is 0 Å².